The standard InChI is InChI=1S/C21H18N4OS/c26-19(15-27-21-24-23-18-13-7-8-14-25(18)21)22-20(16-9-3-1-4-10-16)17-11-5-2-6-12-17/h1-14,20H,15H2,(H,22,26). The van der Waals surface area contributed by atoms with E-state index >= 15 is 0 Å². The molecule has 0 bridgehead atoms. The Morgan fingerprint density at radius 1 is 0.889 bits per heavy atom. The van der Waals surface area contributed by atoms with E-state index in [-0.39, 0.29) is 17.7 Å². The zero-order chi connectivity index (χ0) is 18.5. The Hall–Kier alpha value is -3.12. The molecule has 4 rings (SSSR count). The number of hydrogen-bond donors (Lipinski definition) is 1. The van der Waals surface area contributed by atoms with Crippen LogP contribution >= 0.6 is 11.8 Å². The third-order valence-electron chi connectivity index (χ3n) is 4.19. The molecule has 1 N–H and O–H groups in total. The summed E-state index contributed by atoms with van der Waals surface area (Å²) < 4.78 is 1.88. The highest BCUT2D eigenvalue weighted by atomic mass is 32.2. The van der Waals surface area contributed by atoms with Crippen molar-refractivity contribution in [3.05, 3.63) is 96.2 Å². The third-order valence-corrected chi connectivity index (χ3v) is 5.13. The molecule has 2 aromatic carbocycles. The van der Waals surface area contributed by atoms with Gasteiger partial charge in [-0.15, -0.1) is 10.2 Å². The zero-order valence-corrected chi connectivity index (χ0v) is 15.3. The molecule has 0 atom stereocenters. The minimum absolute atomic E-state index is 0.0506. The van der Waals surface area contributed by atoms with Gasteiger partial charge in [0.15, 0.2) is 10.8 Å². The maximum atomic E-state index is 12.6. The number of rotatable bonds is 6. The summed E-state index contributed by atoms with van der Waals surface area (Å²) in [5.41, 5.74) is 2.87. The highest BCUT2D eigenvalue weighted by molar-refractivity contribution is 7.99. The van der Waals surface area contributed by atoms with E-state index in [1.807, 2.05) is 89.5 Å². The van der Waals surface area contributed by atoms with E-state index in [1.165, 1.54) is 11.8 Å². The number of carbonyl (C=O) groups excluding carboxylic acids is 1. The van der Waals surface area contributed by atoms with Gasteiger partial charge in [-0.2, -0.15) is 0 Å². The number of nitrogens with zero attached hydrogens (tertiary/aromatic N) is 3. The van der Waals surface area contributed by atoms with Crippen molar-refractivity contribution in [1.82, 2.24) is 19.9 Å². The van der Waals surface area contributed by atoms with Crippen LogP contribution in [0.4, 0.5) is 0 Å². The van der Waals surface area contributed by atoms with Crippen molar-refractivity contribution in [2.24, 2.45) is 0 Å². The summed E-state index contributed by atoms with van der Waals surface area (Å²) >= 11 is 1.37. The smallest absolute Gasteiger partial charge is 0.231 e. The molecule has 27 heavy (non-hydrogen) atoms. The quantitative estimate of drug-likeness (QED) is 0.523. The SMILES string of the molecule is O=C(CSc1nnc2ccccn12)NC(c1ccccc1)c1ccccc1. The lowest BCUT2D eigenvalue weighted by Gasteiger charge is -2.19. The Labute approximate surface area is 161 Å². The molecule has 1 amide bonds. The molecule has 0 saturated carbocycles. The maximum absolute atomic E-state index is 12.6. The number of fused-ring (bicyclic) bond motifs is 1. The van der Waals surface area contributed by atoms with Crippen LogP contribution in [-0.2, 0) is 4.79 Å². The molecule has 0 saturated heterocycles. The summed E-state index contributed by atoms with van der Waals surface area (Å²) in [6.07, 6.45) is 1.90. The highest BCUT2D eigenvalue weighted by Crippen LogP contribution is 2.23. The molecule has 0 radical (unpaired) electrons. The third kappa shape index (κ3) is 4.01. The number of pyridine rings is 1. The second-order valence-corrected chi connectivity index (χ2v) is 6.96. The van der Waals surface area contributed by atoms with Crippen molar-refractivity contribution in [2.75, 3.05) is 5.75 Å². The van der Waals surface area contributed by atoms with Gasteiger partial charge in [0, 0.05) is 6.20 Å². The number of aromatic nitrogens is 3. The maximum Gasteiger partial charge on any atom is 0.231 e. The van der Waals surface area contributed by atoms with Crippen molar-refractivity contribution in [1.29, 1.82) is 0 Å². The number of thioether (sulfide) groups is 1. The van der Waals surface area contributed by atoms with Gasteiger partial charge in [0.05, 0.1) is 11.8 Å². The highest BCUT2D eigenvalue weighted by Gasteiger charge is 2.17. The zero-order valence-electron chi connectivity index (χ0n) is 14.5. The molecule has 0 unspecified atom stereocenters. The van der Waals surface area contributed by atoms with Crippen LogP contribution in [0.15, 0.2) is 90.2 Å². The van der Waals surface area contributed by atoms with Crippen LogP contribution in [0, 0.1) is 0 Å². The summed E-state index contributed by atoms with van der Waals surface area (Å²) in [5.74, 6) is 0.219. The molecule has 0 aliphatic heterocycles. The van der Waals surface area contributed by atoms with Crippen molar-refractivity contribution in [3.63, 3.8) is 0 Å². The van der Waals surface area contributed by atoms with Crippen molar-refractivity contribution < 1.29 is 4.79 Å². The van der Waals surface area contributed by atoms with E-state index in [0.29, 0.717) is 5.16 Å². The summed E-state index contributed by atoms with van der Waals surface area (Å²) in [6, 6.07) is 25.5. The summed E-state index contributed by atoms with van der Waals surface area (Å²) in [4.78, 5) is 12.6. The minimum atomic E-state index is -0.185. The topological polar surface area (TPSA) is 59.3 Å². The fourth-order valence-corrected chi connectivity index (χ4v) is 3.64. The van der Waals surface area contributed by atoms with Crippen LogP contribution in [-0.4, -0.2) is 26.3 Å². The fourth-order valence-electron chi connectivity index (χ4n) is 2.90. The molecule has 134 valence electrons. The predicted molar refractivity (Wildman–Crippen MR) is 107 cm³/mol. The Bertz CT molecular complexity index is 994. The van der Waals surface area contributed by atoms with Crippen molar-refractivity contribution in [2.45, 2.75) is 11.2 Å². The van der Waals surface area contributed by atoms with Gasteiger partial charge in [-0.1, -0.05) is 78.5 Å². The Morgan fingerprint density at radius 3 is 2.19 bits per heavy atom. The van der Waals surface area contributed by atoms with E-state index in [4.69, 9.17) is 0 Å². The van der Waals surface area contributed by atoms with Crippen LogP contribution in [0.5, 0.6) is 0 Å². The first kappa shape index (κ1) is 17.3. The first-order chi connectivity index (χ1) is 13.3. The van der Waals surface area contributed by atoms with Gasteiger partial charge in [0.1, 0.15) is 0 Å². The Kier molecular flexibility index (Phi) is 5.16. The molecule has 0 spiro atoms. The summed E-state index contributed by atoms with van der Waals surface area (Å²) in [6.45, 7) is 0. The lowest BCUT2D eigenvalue weighted by molar-refractivity contribution is -0.119. The number of nitrogens with one attached hydrogen (secondary N) is 1. The molecule has 5 nitrogen and oxygen atoms in total. The van der Waals surface area contributed by atoms with Crippen molar-refractivity contribution >= 4 is 23.3 Å². The first-order valence-electron chi connectivity index (χ1n) is 8.63. The first-order valence-corrected chi connectivity index (χ1v) is 9.61. The molecular formula is C21H18N4OS. The van der Waals surface area contributed by atoms with Gasteiger partial charge in [0.2, 0.25) is 5.91 Å². The van der Waals surface area contributed by atoms with E-state index in [0.717, 1.165) is 16.8 Å². The number of hydrogen-bond acceptors (Lipinski definition) is 4. The number of amides is 1. The Morgan fingerprint density at radius 2 is 1.52 bits per heavy atom. The Balaban J connectivity index is 1.49. The normalized spacial score (nSPS) is 11.0. The second-order valence-electron chi connectivity index (χ2n) is 6.02. The molecule has 0 aliphatic rings. The summed E-state index contributed by atoms with van der Waals surface area (Å²) in [7, 11) is 0. The number of benzene rings is 2. The van der Waals surface area contributed by atoms with Crippen LogP contribution in [0.2, 0.25) is 0 Å². The van der Waals surface area contributed by atoms with Gasteiger partial charge >= 0.3 is 0 Å². The lowest BCUT2D eigenvalue weighted by atomic mass is 9.99. The second kappa shape index (κ2) is 8.05. The fraction of sp³-hybridized carbons (Fsp3) is 0.0952. The molecule has 2 aromatic heterocycles. The van der Waals surface area contributed by atoms with Crippen LogP contribution in [0.3, 0.4) is 0 Å². The van der Waals surface area contributed by atoms with Gasteiger partial charge < -0.3 is 5.32 Å². The van der Waals surface area contributed by atoms with Gasteiger partial charge in [-0.05, 0) is 23.3 Å². The van der Waals surface area contributed by atoms with Gasteiger partial charge in [0.25, 0.3) is 0 Å². The molecule has 2 heterocycles. The van der Waals surface area contributed by atoms with Gasteiger partial charge in [-0.25, -0.2) is 0 Å². The van der Waals surface area contributed by atoms with E-state index < -0.39 is 0 Å². The molecule has 4 aromatic rings. The largest absolute Gasteiger partial charge is 0.344 e. The number of carbonyl (C=O) groups is 1. The van der Waals surface area contributed by atoms with Crippen LogP contribution in [0.1, 0.15) is 17.2 Å². The van der Waals surface area contributed by atoms with E-state index in [1.54, 1.807) is 0 Å². The molecule has 0 aliphatic carbocycles. The monoisotopic (exact) mass is 374 g/mol. The molecule has 6 heteroatoms. The van der Waals surface area contributed by atoms with Gasteiger partial charge in [-0.3, -0.25) is 9.20 Å². The van der Waals surface area contributed by atoms with Crippen molar-refractivity contribution in [3.8, 4) is 0 Å². The average molecular weight is 374 g/mol. The summed E-state index contributed by atoms with van der Waals surface area (Å²) in [5, 5.41) is 12.1. The van der Waals surface area contributed by atoms with Crippen LogP contribution in [0.25, 0.3) is 5.65 Å². The average Bonchev–Trinajstić information content (AvgIpc) is 3.15. The minimum Gasteiger partial charge on any atom is -0.344 e. The van der Waals surface area contributed by atoms with E-state index in [2.05, 4.69) is 15.5 Å². The lowest BCUT2D eigenvalue weighted by Crippen LogP contribution is -2.30. The molecule has 0 fully saturated rings. The molecular weight excluding hydrogens is 356 g/mol. The van der Waals surface area contributed by atoms with Crippen LogP contribution < -0.4 is 5.32 Å². The predicted octanol–water partition coefficient (Wildman–Crippen LogP) is 3.73. The van der Waals surface area contributed by atoms with E-state index in [9.17, 15) is 4.79 Å².